The van der Waals surface area contributed by atoms with Crippen LogP contribution in [-0.4, -0.2) is 6.10 Å². The van der Waals surface area contributed by atoms with Gasteiger partial charge >= 0.3 is 0 Å². The van der Waals surface area contributed by atoms with E-state index in [9.17, 15) is 0 Å². The summed E-state index contributed by atoms with van der Waals surface area (Å²) in [6.07, 6.45) is 39.6. The lowest BCUT2D eigenvalue weighted by atomic mass is 9.68. The zero-order valence-electron chi connectivity index (χ0n) is 56.1. The zero-order valence-corrected chi connectivity index (χ0v) is 56.1. The smallest absolute Gasteiger partial charge is 0.135 e. The quantitative estimate of drug-likeness (QED) is 0.127. The fourth-order valence-corrected chi connectivity index (χ4v) is 19.3. The van der Waals surface area contributed by atoms with E-state index in [1.807, 2.05) is 12.1 Å². The first kappa shape index (κ1) is 57.9. The predicted octanol–water partition coefficient (Wildman–Crippen LogP) is 23.8. The Labute approximate surface area is 574 Å². The van der Waals surface area contributed by atoms with Crippen LogP contribution >= 0.6 is 0 Å². The van der Waals surface area contributed by atoms with Gasteiger partial charge in [-0.25, -0.2) is 0 Å². The number of rotatable bonds is 10. The first-order valence-electron chi connectivity index (χ1n) is 35.9. The van der Waals surface area contributed by atoms with Crippen molar-refractivity contribution in [2.24, 2.45) is 46.3 Å². The Hall–Kier alpha value is -10.3. The molecule has 6 heteroatoms. The largest absolute Gasteiger partial charge is 0.489 e. The molecule has 6 nitrogen and oxygen atoms in total. The van der Waals surface area contributed by atoms with E-state index < -0.39 is 0 Å². The van der Waals surface area contributed by atoms with Crippen LogP contribution in [0.15, 0.2) is 290 Å². The van der Waals surface area contributed by atoms with E-state index in [0.717, 1.165) is 147 Å². The van der Waals surface area contributed by atoms with Gasteiger partial charge in [0.15, 0.2) is 0 Å². The lowest BCUT2D eigenvalue weighted by molar-refractivity contribution is 0.144. The van der Waals surface area contributed by atoms with Crippen molar-refractivity contribution in [3.05, 3.63) is 316 Å². The molecular weight excluding hydrogens is 1200 g/mol. The highest BCUT2D eigenvalue weighted by molar-refractivity contribution is 5.92. The number of furan rings is 3. The van der Waals surface area contributed by atoms with Crippen molar-refractivity contribution < 1.29 is 18.0 Å². The van der Waals surface area contributed by atoms with Crippen LogP contribution in [0.5, 0.6) is 0 Å². The fourth-order valence-electron chi connectivity index (χ4n) is 19.3. The third-order valence-corrected chi connectivity index (χ3v) is 24.3. The molecule has 1 aliphatic heterocycles. The standard InChI is InChI=1S/C92H78N2O4/c1-91(2)75-25-13-11-23-73(75)89-71-21-9-7-19-69(71)79(53-77(89)91)93(65-37-29-55(30-38-65)83-47-59-17-5-15-27-81(59)95-83)67-41-33-57(34-42-67)85-51-63-45-61-50-88-64(46-62(61)49-87(63)97-85)52-86(98-88)58-35-43-68(44-36-58)94(66-39-31-56(32-40-66)84-48-60-18-6-16-28-82(60)96-84)80-54-78-90(72-22-10-8-20-70(72)80)74-24-12-14-26-76(74)92(78,3)4/h5-9,11-12,14,16-21,23-24,26,28-44,46-48,50-54,63,70,72,74,76-77,87,89H,10,13,15,22,25,27,45,49H2,1-4H3. The SMILES string of the molecule is CC1(C)C2=C(C3C=CC=CC31)C1CCC=CC1C(N(c1ccc(-c3cc4ccccc4o3)cc1)c1ccc(-c3cc4cc5c(cc4o3)CC3C=C(c4ccc(N(C6=CC7C(C8=C(CCC=C8)C7(C)C)c7ccccc76)c6ccc(-c7cc8c(o7)CCC=C8)cc6)cc4)OC3C5)cc1)=C2. The van der Waals surface area contributed by atoms with Gasteiger partial charge in [-0.1, -0.05) is 148 Å². The van der Waals surface area contributed by atoms with Gasteiger partial charge in [0.05, 0.1) is 5.70 Å². The van der Waals surface area contributed by atoms with Crippen molar-refractivity contribution in [3.8, 4) is 34.0 Å². The zero-order chi connectivity index (χ0) is 65.1. The van der Waals surface area contributed by atoms with Gasteiger partial charge in [-0.15, -0.1) is 0 Å². The number of aryl methyl sites for hydroxylation is 1. The number of ether oxygens (including phenoxy) is 1. The first-order valence-corrected chi connectivity index (χ1v) is 35.9. The molecule has 0 amide bonds. The summed E-state index contributed by atoms with van der Waals surface area (Å²) < 4.78 is 26.8. The summed E-state index contributed by atoms with van der Waals surface area (Å²) in [4.78, 5) is 5.04. The molecule has 0 saturated carbocycles. The minimum atomic E-state index is -0.00525. The van der Waals surface area contributed by atoms with Gasteiger partial charge < -0.3 is 27.8 Å². The topological polar surface area (TPSA) is 55.1 Å². The van der Waals surface area contributed by atoms with Crippen LogP contribution in [0.4, 0.5) is 22.7 Å². The van der Waals surface area contributed by atoms with Crippen molar-refractivity contribution in [1.82, 2.24) is 0 Å². The van der Waals surface area contributed by atoms with Crippen molar-refractivity contribution >= 4 is 62.2 Å². The van der Waals surface area contributed by atoms with Crippen molar-refractivity contribution in [1.29, 1.82) is 0 Å². The van der Waals surface area contributed by atoms with E-state index in [0.29, 0.717) is 29.6 Å². The van der Waals surface area contributed by atoms with Gasteiger partial charge in [0.1, 0.15) is 46.1 Å². The van der Waals surface area contributed by atoms with E-state index >= 15 is 0 Å². The Bertz CT molecular complexity index is 5250. The third kappa shape index (κ3) is 9.12. The van der Waals surface area contributed by atoms with Gasteiger partial charge in [0.2, 0.25) is 0 Å². The molecule has 98 heavy (non-hydrogen) atoms. The molecule has 0 bridgehead atoms. The number of anilines is 4. The normalized spacial score (nSPS) is 24.6. The summed E-state index contributed by atoms with van der Waals surface area (Å²) in [7, 11) is 0. The Balaban J connectivity index is 0.592. The maximum Gasteiger partial charge on any atom is 0.135 e. The molecule has 8 unspecified atom stereocenters. The van der Waals surface area contributed by atoms with Crippen LogP contribution in [0, 0.1) is 46.3 Å². The van der Waals surface area contributed by atoms with Crippen molar-refractivity contribution in [3.63, 3.8) is 0 Å². The second-order valence-corrected chi connectivity index (χ2v) is 30.3. The summed E-state index contributed by atoms with van der Waals surface area (Å²) in [6, 6.07) is 65.0. The van der Waals surface area contributed by atoms with Crippen LogP contribution in [0.3, 0.4) is 0 Å². The van der Waals surface area contributed by atoms with Crippen LogP contribution < -0.4 is 9.80 Å². The first-order chi connectivity index (χ1) is 48.0. The molecule has 9 aliphatic carbocycles. The van der Waals surface area contributed by atoms with Gasteiger partial charge in [-0.3, -0.25) is 0 Å². The molecule has 20 rings (SSSR count). The van der Waals surface area contributed by atoms with Crippen molar-refractivity contribution in [2.75, 3.05) is 9.80 Å². The molecule has 3 aromatic heterocycles. The highest BCUT2D eigenvalue weighted by Crippen LogP contribution is 2.64. The van der Waals surface area contributed by atoms with Crippen molar-refractivity contribution in [2.45, 2.75) is 91.1 Å². The van der Waals surface area contributed by atoms with Crippen LogP contribution in [-0.2, 0) is 24.0 Å². The molecule has 0 N–H and O–H groups in total. The second kappa shape index (κ2) is 22.1. The maximum atomic E-state index is 7.04. The van der Waals surface area contributed by atoms with Gasteiger partial charge in [-0.2, -0.15) is 0 Å². The summed E-state index contributed by atoms with van der Waals surface area (Å²) >= 11 is 0. The molecule has 7 aromatic carbocycles. The summed E-state index contributed by atoms with van der Waals surface area (Å²) in [6.45, 7) is 9.92. The second-order valence-electron chi connectivity index (χ2n) is 30.3. The molecule has 8 atom stereocenters. The van der Waals surface area contributed by atoms with E-state index in [4.69, 9.17) is 18.0 Å². The molecule has 0 radical (unpaired) electrons. The average Bonchev–Trinajstić information content (AvgIpc) is 1.62. The Morgan fingerprint density at radius 2 is 1.15 bits per heavy atom. The highest BCUT2D eigenvalue weighted by Gasteiger charge is 2.53. The molecule has 10 aromatic rings. The summed E-state index contributed by atoms with van der Waals surface area (Å²) in [5.74, 6) is 7.19. The highest BCUT2D eigenvalue weighted by atomic mass is 16.5. The minimum Gasteiger partial charge on any atom is -0.489 e. The predicted molar refractivity (Wildman–Crippen MR) is 399 cm³/mol. The third-order valence-electron chi connectivity index (χ3n) is 24.3. The van der Waals surface area contributed by atoms with Crippen LogP contribution in [0.25, 0.3) is 73.4 Å². The number of fused-ring (bicyclic) bond motifs is 13. The van der Waals surface area contributed by atoms with E-state index in [1.54, 1.807) is 11.1 Å². The lowest BCUT2D eigenvalue weighted by Gasteiger charge is -2.42. The molecule has 10 aliphatic rings. The number of allylic oxidation sites excluding steroid dienone is 15. The minimum absolute atomic E-state index is 0.00525. The molecule has 4 heterocycles. The Morgan fingerprint density at radius 1 is 0.500 bits per heavy atom. The summed E-state index contributed by atoms with van der Waals surface area (Å²) in [5, 5.41) is 2.23. The maximum absolute atomic E-state index is 7.04. The molecule has 0 saturated heterocycles. The number of para-hydroxylation sites is 1. The number of benzene rings is 7. The monoisotopic (exact) mass is 1270 g/mol. The van der Waals surface area contributed by atoms with Gasteiger partial charge in [0, 0.05) is 109 Å². The Kier molecular flexibility index (Phi) is 13.1. The number of nitrogens with zero attached hydrogens (tertiary/aromatic N) is 2. The van der Waals surface area contributed by atoms with Crippen LogP contribution in [0.1, 0.15) is 105 Å². The van der Waals surface area contributed by atoms with Crippen LogP contribution in [0.2, 0.25) is 0 Å². The molecular formula is C92H78N2O4. The number of hydrogen-bond donors (Lipinski definition) is 0. The average molecular weight is 1280 g/mol. The summed E-state index contributed by atoms with van der Waals surface area (Å²) in [5.41, 5.74) is 26.1. The fraction of sp³-hybridized carbons (Fsp3) is 0.239. The van der Waals surface area contributed by atoms with Gasteiger partial charge in [0.25, 0.3) is 0 Å². The lowest BCUT2D eigenvalue weighted by Crippen LogP contribution is -2.33. The molecule has 0 fully saturated rings. The molecule has 480 valence electrons. The molecule has 0 spiro atoms. The van der Waals surface area contributed by atoms with E-state index in [-0.39, 0.29) is 28.8 Å². The van der Waals surface area contributed by atoms with E-state index in [1.165, 1.54) is 50.4 Å². The number of hydrogen-bond acceptors (Lipinski definition) is 6. The Morgan fingerprint density at radius 3 is 1.91 bits per heavy atom. The van der Waals surface area contributed by atoms with E-state index in [2.05, 4.69) is 280 Å². The van der Waals surface area contributed by atoms with Gasteiger partial charge in [-0.05, 0) is 241 Å².